The summed E-state index contributed by atoms with van der Waals surface area (Å²) in [4.78, 5) is 13.6. The molecule has 2 aliphatic rings. The number of urea groups is 1. The predicted molar refractivity (Wildman–Crippen MR) is 70.5 cm³/mol. The van der Waals surface area contributed by atoms with Gasteiger partial charge in [0.25, 0.3) is 0 Å². The minimum absolute atomic E-state index is 0.00207. The third-order valence-corrected chi connectivity index (χ3v) is 3.61. The molecule has 3 rings (SSSR count). The lowest BCUT2D eigenvalue weighted by molar-refractivity contribution is -0.00364. The molecule has 0 spiro atoms. The highest BCUT2D eigenvalue weighted by Crippen LogP contribution is 2.33. The Morgan fingerprint density at radius 1 is 1.29 bits per heavy atom. The van der Waals surface area contributed by atoms with Crippen molar-refractivity contribution in [2.24, 2.45) is 5.10 Å². The van der Waals surface area contributed by atoms with Crippen molar-refractivity contribution >= 4 is 12.2 Å². The van der Waals surface area contributed by atoms with E-state index in [1.54, 1.807) is 0 Å². The van der Waals surface area contributed by atoms with Crippen LogP contribution in [0.5, 0.6) is 0 Å². The second-order valence-corrected chi connectivity index (χ2v) is 5.65. The summed E-state index contributed by atoms with van der Waals surface area (Å²) < 4.78 is 40.1. The normalized spacial score (nSPS) is 23.3. The molecule has 0 saturated carbocycles. The van der Waals surface area contributed by atoms with Gasteiger partial charge in [-0.2, -0.15) is 5.10 Å². The Hall–Kier alpha value is -2.05. The molecule has 2 amide bonds. The van der Waals surface area contributed by atoms with E-state index in [1.807, 2.05) is 0 Å². The van der Waals surface area contributed by atoms with Crippen LogP contribution >= 0.6 is 0 Å². The van der Waals surface area contributed by atoms with Gasteiger partial charge in [-0.1, -0.05) is 0 Å². The third-order valence-electron chi connectivity index (χ3n) is 3.61. The second kappa shape index (κ2) is 4.75. The molecule has 0 aliphatic carbocycles. The van der Waals surface area contributed by atoms with Crippen molar-refractivity contribution in [3.05, 3.63) is 35.4 Å². The van der Waals surface area contributed by atoms with Crippen LogP contribution in [0.4, 0.5) is 18.0 Å². The van der Waals surface area contributed by atoms with Crippen LogP contribution in [0, 0.1) is 11.6 Å². The van der Waals surface area contributed by atoms with E-state index in [1.165, 1.54) is 30.2 Å². The molecule has 21 heavy (non-hydrogen) atoms. The molecule has 1 saturated heterocycles. The number of carbonyl (C=O) groups excluding carboxylic acids is 1. The number of rotatable bonds is 1. The lowest BCUT2D eigenvalue weighted by Gasteiger charge is -2.43. The Labute approximate surface area is 119 Å². The minimum atomic E-state index is -1.38. The Kier molecular flexibility index (Phi) is 3.15. The largest absolute Gasteiger partial charge is 0.341 e. The number of alkyl halides is 1. The van der Waals surface area contributed by atoms with Gasteiger partial charge in [-0.15, -0.1) is 0 Å². The maximum Gasteiger partial charge on any atom is 0.341 e. The Bertz CT molecular complexity index is 589. The summed E-state index contributed by atoms with van der Waals surface area (Å²) in [6.07, 6.45) is 1.88. The molecular weight excluding hydrogens is 283 g/mol. The fourth-order valence-corrected chi connectivity index (χ4v) is 2.67. The fourth-order valence-electron chi connectivity index (χ4n) is 2.67. The van der Waals surface area contributed by atoms with Crippen molar-refractivity contribution in [2.45, 2.75) is 25.1 Å². The SMILES string of the molecule is CC1(F)CN(C(=O)N2N=CC[C@H]2c2cc(F)cc(F)c2)C1. The molecular formula is C14H14F3N3O. The standard InChI is InChI=1S/C14H14F3N3O/c1-14(17)7-19(8-14)13(21)20-12(2-3-18-20)9-4-10(15)6-11(16)5-9/h3-6,12H,2,7-8H2,1H3/t12-/m0/s1. The lowest BCUT2D eigenvalue weighted by atomic mass is 9.99. The van der Waals surface area contributed by atoms with Gasteiger partial charge in [0.15, 0.2) is 0 Å². The molecule has 1 aromatic rings. The maximum atomic E-state index is 13.5. The van der Waals surface area contributed by atoms with Gasteiger partial charge >= 0.3 is 6.03 Å². The van der Waals surface area contributed by atoms with E-state index in [0.29, 0.717) is 12.0 Å². The first-order chi connectivity index (χ1) is 9.85. The zero-order chi connectivity index (χ0) is 15.2. The first-order valence-electron chi connectivity index (χ1n) is 6.61. The summed E-state index contributed by atoms with van der Waals surface area (Å²) in [5.41, 5.74) is -1.04. The van der Waals surface area contributed by atoms with Crippen LogP contribution < -0.4 is 0 Å². The average molecular weight is 297 g/mol. The van der Waals surface area contributed by atoms with Crippen molar-refractivity contribution < 1.29 is 18.0 Å². The zero-order valence-electron chi connectivity index (χ0n) is 11.4. The minimum Gasteiger partial charge on any atom is -0.317 e. The van der Waals surface area contributed by atoms with Gasteiger partial charge in [0.05, 0.1) is 19.1 Å². The van der Waals surface area contributed by atoms with E-state index >= 15 is 0 Å². The van der Waals surface area contributed by atoms with Gasteiger partial charge in [-0.3, -0.25) is 0 Å². The number of carbonyl (C=O) groups is 1. The van der Waals surface area contributed by atoms with Gasteiger partial charge < -0.3 is 4.90 Å². The molecule has 0 radical (unpaired) electrons. The summed E-state index contributed by atoms with van der Waals surface area (Å²) in [6, 6.07) is 2.12. The number of benzene rings is 1. The number of hydrogen-bond acceptors (Lipinski definition) is 2. The summed E-state index contributed by atoms with van der Waals surface area (Å²) in [5.74, 6) is -1.41. The highest BCUT2D eigenvalue weighted by molar-refractivity contribution is 5.79. The maximum absolute atomic E-state index is 13.5. The molecule has 1 atom stereocenters. The molecule has 0 N–H and O–H groups in total. The Morgan fingerprint density at radius 2 is 1.90 bits per heavy atom. The molecule has 4 nitrogen and oxygen atoms in total. The molecule has 1 fully saturated rings. The molecule has 7 heteroatoms. The van der Waals surface area contributed by atoms with Crippen LogP contribution in [0.25, 0.3) is 0 Å². The first-order valence-corrected chi connectivity index (χ1v) is 6.61. The highest BCUT2D eigenvalue weighted by Gasteiger charge is 2.45. The van der Waals surface area contributed by atoms with E-state index in [4.69, 9.17) is 0 Å². The third kappa shape index (κ3) is 2.59. The van der Waals surface area contributed by atoms with Crippen molar-refractivity contribution in [3.63, 3.8) is 0 Å². The van der Waals surface area contributed by atoms with Gasteiger partial charge in [0.2, 0.25) is 0 Å². The number of halogens is 3. The monoisotopic (exact) mass is 297 g/mol. The van der Waals surface area contributed by atoms with Crippen molar-refractivity contribution in [1.29, 1.82) is 0 Å². The number of amides is 2. The molecule has 112 valence electrons. The Balaban J connectivity index is 1.79. The quantitative estimate of drug-likeness (QED) is 0.785. The summed E-state index contributed by atoms with van der Waals surface area (Å²) in [6.45, 7) is 1.42. The zero-order valence-corrected chi connectivity index (χ0v) is 11.4. The average Bonchev–Trinajstić information content (AvgIpc) is 2.82. The van der Waals surface area contributed by atoms with Crippen LogP contribution in [0.3, 0.4) is 0 Å². The summed E-state index contributed by atoms with van der Waals surface area (Å²) in [5, 5.41) is 5.11. The molecule has 0 aromatic heterocycles. The first kappa shape index (κ1) is 13.9. The number of hydrogen-bond donors (Lipinski definition) is 0. The van der Waals surface area contributed by atoms with Gasteiger partial charge in [0.1, 0.15) is 17.3 Å². The van der Waals surface area contributed by atoms with E-state index in [9.17, 15) is 18.0 Å². The van der Waals surface area contributed by atoms with Crippen molar-refractivity contribution in [2.75, 3.05) is 13.1 Å². The van der Waals surface area contributed by atoms with E-state index in [-0.39, 0.29) is 13.1 Å². The molecule has 2 aliphatic heterocycles. The second-order valence-electron chi connectivity index (χ2n) is 5.65. The van der Waals surface area contributed by atoms with E-state index in [0.717, 1.165) is 11.1 Å². The number of hydrazone groups is 1. The van der Waals surface area contributed by atoms with E-state index in [2.05, 4.69) is 5.10 Å². The van der Waals surface area contributed by atoms with Gasteiger partial charge in [-0.25, -0.2) is 23.0 Å². The van der Waals surface area contributed by atoms with Crippen LogP contribution in [0.15, 0.2) is 23.3 Å². The van der Waals surface area contributed by atoms with Crippen LogP contribution in [-0.2, 0) is 0 Å². The van der Waals surface area contributed by atoms with Crippen LogP contribution in [0.2, 0.25) is 0 Å². The fraction of sp³-hybridized carbons (Fsp3) is 0.429. The number of likely N-dealkylation sites (tertiary alicyclic amines) is 1. The summed E-state index contributed by atoms with van der Waals surface area (Å²) >= 11 is 0. The van der Waals surface area contributed by atoms with Crippen LogP contribution in [-0.4, -0.2) is 40.9 Å². The predicted octanol–water partition coefficient (Wildman–Crippen LogP) is 2.86. The van der Waals surface area contributed by atoms with Crippen molar-refractivity contribution in [3.8, 4) is 0 Å². The Morgan fingerprint density at radius 3 is 2.48 bits per heavy atom. The molecule has 0 bridgehead atoms. The van der Waals surface area contributed by atoms with Gasteiger partial charge in [-0.05, 0) is 24.6 Å². The van der Waals surface area contributed by atoms with Crippen molar-refractivity contribution in [1.82, 2.24) is 9.91 Å². The smallest absolute Gasteiger partial charge is 0.317 e. The lowest BCUT2D eigenvalue weighted by Crippen LogP contribution is -2.61. The highest BCUT2D eigenvalue weighted by atomic mass is 19.1. The van der Waals surface area contributed by atoms with Gasteiger partial charge in [0, 0.05) is 18.7 Å². The summed E-state index contributed by atoms with van der Waals surface area (Å²) in [7, 11) is 0. The molecule has 0 unspecified atom stereocenters. The van der Waals surface area contributed by atoms with E-state index < -0.39 is 29.4 Å². The number of nitrogens with zero attached hydrogens (tertiary/aromatic N) is 3. The molecule has 1 aromatic carbocycles. The molecule has 2 heterocycles. The van der Waals surface area contributed by atoms with Crippen LogP contribution in [0.1, 0.15) is 24.9 Å². The topological polar surface area (TPSA) is 35.9 Å².